The number of hydrogen-bond donors (Lipinski definition) is 23. The zero-order valence-electron chi connectivity index (χ0n) is 67.0. The van der Waals surface area contributed by atoms with Crippen molar-refractivity contribution in [2.24, 2.45) is 5.92 Å². The fourth-order valence-electron chi connectivity index (χ4n) is 14.4. The molecule has 21 fully saturated rings. The summed E-state index contributed by atoms with van der Waals surface area (Å²) in [6.07, 6.45) is -70.2. The smallest absolute Gasteiger partial charge is 0.311 e. The number of amides is 2. The van der Waals surface area contributed by atoms with Crippen molar-refractivity contribution in [3.8, 4) is 0 Å². The van der Waals surface area contributed by atoms with E-state index < -0.39 is 289 Å². The molecule has 0 spiro atoms. The number of ether oxygens (including phenoxy) is 16. The number of hydrogen-bond acceptors (Lipinski definition) is 49. The summed E-state index contributed by atoms with van der Waals surface area (Å²) in [6, 6.07) is 9.80. The van der Waals surface area contributed by atoms with E-state index in [0.717, 1.165) is 28.5 Å². The third kappa shape index (κ3) is 27.0. The van der Waals surface area contributed by atoms with Crippen LogP contribution in [0.5, 0.6) is 0 Å². The molecule has 2 amide bonds. The molecule has 21 saturated heterocycles. The molecule has 37 atom stereocenters. The van der Waals surface area contributed by atoms with Crippen LogP contribution in [-0.2, 0) is 95.0 Å². The number of rotatable bonds is 37. The second-order valence-electron chi connectivity index (χ2n) is 30.0. The van der Waals surface area contributed by atoms with Crippen LogP contribution in [0.2, 0.25) is 0 Å². The Bertz CT molecular complexity index is 3520. The Morgan fingerprint density at radius 2 is 0.782 bits per heavy atom. The molecule has 2 aromatic heterocycles. The lowest BCUT2D eigenvalue weighted by atomic mass is 9.94. The van der Waals surface area contributed by atoms with Gasteiger partial charge in [-0.15, -0.1) is 0 Å². The van der Waals surface area contributed by atoms with Crippen LogP contribution in [0, 0.1) is 5.92 Å². The summed E-state index contributed by atoms with van der Waals surface area (Å²) in [5.74, 6) is -6.51. The summed E-state index contributed by atoms with van der Waals surface area (Å²) in [5.41, 5.74) is 0. The van der Waals surface area contributed by atoms with Crippen LogP contribution in [0.15, 0.2) is 58.8 Å². The number of carbonyl (C=O) groups excluding carboxylic acids is 4. The third-order valence-electron chi connectivity index (χ3n) is 21.2. The van der Waals surface area contributed by atoms with E-state index in [1.54, 1.807) is 36.7 Å². The third-order valence-corrected chi connectivity index (χ3v) is 28.1. The Morgan fingerprint density at radius 3 is 1.16 bits per heavy atom. The molecule has 21 aliphatic rings. The molecule has 45 nitrogen and oxygen atoms in total. The van der Waals surface area contributed by atoms with Crippen LogP contribution in [0.25, 0.3) is 0 Å². The number of aromatic nitrogens is 2. The van der Waals surface area contributed by atoms with Crippen molar-refractivity contribution in [1.29, 1.82) is 0 Å². The SMILES string of the molecule is CN[C@H](CSCC1O[C@@H]2O[C@@H]3C(CO)O[C@H](O[C@@H]4C(CO)O[C@H](O[C@@H]5C(CO)O[C@H](O[C@@H]6C(CSC[C@@H](CC(=O)CCOCCOCCC(C)=O)C(=O)NCCSSc7ccccn7)O[C@H](O[C@@H]7C(CO)O[C@H](O[C@@H]8C(CO)O[C@@](O)(O[C@H]1[C@H](O)C2O)C(O)[C@H]8O)C(O)[C@H]7O)C(O)[C@H]6O)C(O)[C@H]5O)C(O)[C@H]4O)C(O)[C@H]3O)C(=O)NCCSSc1ccccn1. The van der Waals surface area contributed by atoms with E-state index in [0.29, 0.717) is 16.5 Å². The van der Waals surface area contributed by atoms with Crippen LogP contribution in [0.3, 0.4) is 0 Å². The first-order valence-corrected chi connectivity index (χ1v) is 46.9. The molecule has 2 aromatic rings. The highest BCUT2D eigenvalue weighted by Gasteiger charge is 2.63. The Morgan fingerprint density at radius 1 is 0.427 bits per heavy atom. The van der Waals surface area contributed by atoms with Gasteiger partial charge in [0.2, 0.25) is 11.8 Å². The minimum absolute atomic E-state index is 0.0700. The minimum atomic E-state index is -3.58. The summed E-state index contributed by atoms with van der Waals surface area (Å²) >= 11 is 1.86. The maximum absolute atomic E-state index is 14.2. The highest BCUT2D eigenvalue weighted by atomic mass is 33.1. The van der Waals surface area contributed by atoms with E-state index in [-0.39, 0.29) is 76.1 Å². The summed E-state index contributed by atoms with van der Waals surface area (Å²) in [5, 5.41) is 244. The van der Waals surface area contributed by atoms with Crippen molar-refractivity contribution in [1.82, 2.24) is 25.9 Å². The van der Waals surface area contributed by atoms with E-state index in [1.165, 1.54) is 57.1 Å². The van der Waals surface area contributed by atoms with Gasteiger partial charge in [0.15, 0.2) is 43.8 Å². The monoisotopic (exact) mass is 1890 g/mol. The molecule has 23 N–H and O–H groups in total. The van der Waals surface area contributed by atoms with Gasteiger partial charge in [0.05, 0.1) is 83.6 Å². The number of aliphatic hydroxyl groups excluding tert-OH is 19. The highest BCUT2D eigenvalue weighted by Crippen LogP contribution is 2.42. The summed E-state index contributed by atoms with van der Waals surface area (Å²) < 4.78 is 94.7. The largest absolute Gasteiger partial charge is 0.394 e. The number of nitrogens with one attached hydrogen (secondary N) is 3. The molecule has 14 unspecified atom stereocenters. The van der Waals surface area contributed by atoms with Crippen molar-refractivity contribution < 1.29 is 197 Å². The van der Waals surface area contributed by atoms with Crippen molar-refractivity contribution in [3.63, 3.8) is 0 Å². The first kappa shape index (κ1) is 103. The van der Waals surface area contributed by atoms with E-state index >= 15 is 0 Å². The Hall–Kier alpha value is -2.80. The minimum Gasteiger partial charge on any atom is -0.394 e. The molecule has 0 aliphatic carbocycles. The first-order chi connectivity index (χ1) is 59.5. The van der Waals surface area contributed by atoms with Gasteiger partial charge in [-0.1, -0.05) is 33.7 Å². The van der Waals surface area contributed by atoms with Gasteiger partial charge in [-0.25, -0.2) is 9.97 Å². The number of pyridine rings is 2. The Labute approximate surface area is 734 Å². The average Bonchev–Trinajstić information content (AvgIpc) is 0.763. The number of thioether (sulfide) groups is 2. The number of carbonyl (C=O) groups is 4. The van der Waals surface area contributed by atoms with Crippen LogP contribution in [-0.4, -0.2) is 470 Å². The van der Waals surface area contributed by atoms with Crippen LogP contribution >= 0.6 is 66.7 Å². The van der Waals surface area contributed by atoms with Crippen LogP contribution < -0.4 is 16.0 Å². The molecule has 23 heterocycles. The number of nitrogens with zero attached hydrogens (tertiary/aromatic N) is 2. The first-order valence-electron chi connectivity index (χ1n) is 39.9. The van der Waals surface area contributed by atoms with Crippen LogP contribution in [0.4, 0.5) is 0 Å². The molecule has 21 aliphatic heterocycles. The van der Waals surface area contributed by atoms with Gasteiger partial charge in [-0.2, -0.15) is 23.5 Å². The molecule has 0 saturated carbocycles. The molecule has 706 valence electrons. The second-order valence-corrected chi connectivity index (χ2v) is 37.0. The van der Waals surface area contributed by atoms with Crippen molar-refractivity contribution in [2.75, 3.05) is 114 Å². The topological polar surface area (TPSA) is 682 Å². The number of Topliss-reactive ketones (excluding diaryl/α,β-unsaturated/α-hetero) is 2. The number of ketones is 2. The fourth-order valence-corrected chi connectivity index (χ4v) is 20.3. The number of likely N-dealkylation sites (N-methyl/N-ethyl adjacent to an activating group) is 1. The van der Waals surface area contributed by atoms with Crippen LogP contribution in [0.1, 0.15) is 26.2 Å². The summed E-state index contributed by atoms with van der Waals surface area (Å²) in [4.78, 5) is 61.3. The van der Waals surface area contributed by atoms with Gasteiger partial charge in [-0.3, -0.25) is 19.2 Å². The van der Waals surface area contributed by atoms with Gasteiger partial charge in [0.25, 0.3) is 0 Å². The zero-order valence-corrected chi connectivity index (χ0v) is 71.9. The normalized spacial score (nSPS) is 39.8. The van der Waals surface area contributed by atoms with Crippen molar-refractivity contribution in [2.45, 2.75) is 257 Å². The average molecular weight is 1890 g/mol. The fraction of sp³-hybridized carbons (Fsp3) is 0.808. The zero-order chi connectivity index (χ0) is 89.6. The molecular formula is C73H113N5O40S6. The predicted molar refractivity (Wildman–Crippen MR) is 429 cm³/mol. The standard InChI is InChI=1S/C73H113N5O40S6/c1-31(84)9-15-103-17-18-104-16-10-33(85)21-32(65(100)77-13-19-121-123-42-7-3-5-11-75-42)27-119-29-40-62-48(90)54(96)71(109-40)113-59-38(25-82)107-69(52(94)46(59)88)115-61-39(26-83)117-73(102,64(99)56(61)98)118-63-41(30-120-28-34(74-2)66(101)78-14-20-122-124-43-8-4-6-12-76-43)110-72(55(97)49(63)91)114-60-37(24-81)106-68(51(93)45(60)87)111-57-35(22-79)105-67(50(92)44(57)86)112-58-36(23-80)108-70(116-62)53(95)47(58)89/h3-8,11-12,32,34-41,44-64,67-72,74,79-83,86-99,102H,9-10,13-30H2,1-2H3,(H,77,100)(H,78,101)/t32-,34-,35?,36?,37?,38?,39?,40?,41?,44-,45-,46-,47-,48-,49-,50?,51?,52?,53?,54?,55?,56+,57-,58-,59-,60-,61-,62-,63-,64?,67-,68-,69-,70-,71-,72-,73-/m1/s1. The second kappa shape index (κ2) is 50.3. The van der Waals surface area contributed by atoms with Gasteiger partial charge in [0.1, 0.15) is 174 Å². The van der Waals surface area contributed by atoms with Crippen molar-refractivity contribution >= 4 is 90.1 Å². The van der Waals surface area contributed by atoms with E-state index in [1.807, 2.05) is 12.1 Å². The van der Waals surface area contributed by atoms with Gasteiger partial charge < -0.3 is 194 Å². The Kier molecular flexibility index (Phi) is 41.9. The highest BCUT2D eigenvalue weighted by molar-refractivity contribution is 8.77. The molecule has 0 radical (unpaired) electrons. The molecule has 124 heavy (non-hydrogen) atoms. The maximum atomic E-state index is 14.2. The quantitative estimate of drug-likeness (QED) is 0.0221. The lowest BCUT2D eigenvalue weighted by Gasteiger charge is -2.52. The molecular weight excluding hydrogens is 1780 g/mol. The van der Waals surface area contributed by atoms with E-state index in [9.17, 15) is 121 Å². The summed E-state index contributed by atoms with van der Waals surface area (Å²) in [6.45, 7) is -3.72. The van der Waals surface area contributed by atoms with Crippen molar-refractivity contribution in [3.05, 3.63) is 48.8 Å². The molecule has 51 heteroatoms. The molecule has 14 bridgehead atoms. The van der Waals surface area contributed by atoms with E-state index in [4.69, 9.17) is 75.8 Å². The lowest BCUT2D eigenvalue weighted by Crippen LogP contribution is -2.71. The molecule has 23 rings (SSSR count). The van der Waals surface area contributed by atoms with Gasteiger partial charge >= 0.3 is 5.97 Å². The molecule has 0 aromatic carbocycles. The van der Waals surface area contributed by atoms with Gasteiger partial charge in [-0.05, 0) is 59.8 Å². The summed E-state index contributed by atoms with van der Waals surface area (Å²) in [7, 11) is 7.04. The van der Waals surface area contributed by atoms with E-state index in [2.05, 4.69) is 25.9 Å². The van der Waals surface area contributed by atoms with Gasteiger partial charge in [0, 0.05) is 79.3 Å². The maximum Gasteiger partial charge on any atom is 0.311 e. The predicted octanol–water partition coefficient (Wildman–Crippen LogP) is -9.96. The Balaban J connectivity index is 0.920. The number of aliphatic hydroxyl groups is 20. The lowest BCUT2D eigenvalue weighted by molar-refractivity contribution is -0.480.